The summed E-state index contributed by atoms with van der Waals surface area (Å²) < 4.78 is 0. The van der Waals surface area contributed by atoms with E-state index < -0.39 is 0 Å². The summed E-state index contributed by atoms with van der Waals surface area (Å²) in [5.74, 6) is 0. The summed E-state index contributed by atoms with van der Waals surface area (Å²) in [6.45, 7) is 3.04. The summed E-state index contributed by atoms with van der Waals surface area (Å²) in [4.78, 5) is 0. The first-order valence-electron chi connectivity index (χ1n) is 6.10. The highest BCUT2D eigenvalue weighted by Crippen LogP contribution is 2.47. The van der Waals surface area contributed by atoms with Crippen molar-refractivity contribution in [1.29, 1.82) is 0 Å². The topological polar surface area (TPSA) is 26.0 Å². The first kappa shape index (κ1) is 10.7. The summed E-state index contributed by atoms with van der Waals surface area (Å²) in [7, 11) is 0. The normalized spacial score (nSPS) is 17.7. The summed E-state index contributed by atoms with van der Waals surface area (Å²) in [5, 5.41) is 0. The third kappa shape index (κ3) is 2.23. The molecule has 0 heterocycles. The maximum Gasteiger partial charge on any atom is 0.00762 e. The molecule has 0 radical (unpaired) electrons. The second kappa shape index (κ2) is 4.36. The van der Waals surface area contributed by atoms with Crippen LogP contribution in [0.25, 0.3) is 0 Å². The summed E-state index contributed by atoms with van der Waals surface area (Å²) in [6, 6.07) is 9.12. The van der Waals surface area contributed by atoms with Crippen molar-refractivity contribution in [1.82, 2.24) is 0 Å². The van der Waals surface area contributed by atoms with Crippen LogP contribution in [0.4, 0.5) is 0 Å². The molecule has 1 fully saturated rings. The van der Waals surface area contributed by atoms with Crippen molar-refractivity contribution in [2.75, 3.05) is 6.54 Å². The Labute approximate surface area is 92.7 Å². The van der Waals surface area contributed by atoms with Crippen LogP contribution < -0.4 is 5.73 Å². The van der Waals surface area contributed by atoms with E-state index in [1.165, 1.54) is 43.2 Å². The van der Waals surface area contributed by atoms with E-state index in [-0.39, 0.29) is 0 Å². The quantitative estimate of drug-likeness (QED) is 0.782. The molecular formula is C14H21N. The molecule has 1 nitrogen and oxygen atoms in total. The standard InChI is InChI=1S/C14H21N/c1-2-3-4-12-5-7-13(8-6-12)14(11-15)9-10-14/h5-8H,2-4,9-11,15H2,1H3. The highest BCUT2D eigenvalue weighted by Gasteiger charge is 2.42. The van der Waals surface area contributed by atoms with Gasteiger partial charge < -0.3 is 5.73 Å². The maximum atomic E-state index is 5.82. The van der Waals surface area contributed by atoms with Crippen molar-refractivity contribution in [2.45, 2.75) is 44.4 Å². The van der Waals surface area contributed by atoms with E-state index in [1.54, 1.807) is 0 Å². The molecule has 0 bridgehead atoms. The molecule has 0 aliphatic heterocycles. The molecule has 2 N–H and O–H groups in total. The van der Waals surface area contributed by atoms with Gasteiger partial charge in [-0.25, -0.2) is 0 Å². The van der Waals surface area contributed by atoms with Crippen LogP contribution in [0.1, 0.15) is 43.7 Å². The summed E-state index contributed by atoms with van der Waals surface area (Å²) in [6.07, 6.45) is 6.33. The van der Waals surface area contributed by atoms with Crippen molar-refractivity contribution in [3.8, 4) is 0 Å². The number of benzene rings is 1. The Morgan fingerprint density at radius 1 is 1.20 bits per heavy atom. The molecule has 0 unspecified atom stereocenters. The van der Waals surface area contributed by atoms with Crippen LogP contribution in [0.15, 0.2) is 24.3 Å². The van der Waals surface area contributed by atoms with Gasteiger partial charge in [0.05, 0.1) is 0 Å². The molecular weight excluding hydrogens is 182 g/mol. The van der Waals surface area contributed by atoms with Gasteiger partial charge in [0.1, 0.15) is 0 Å². The van der Waals surface area contributed by atoms with Gasteiger partial charge in [0.15, 0.2) is 0 Å². The van der Waals surface area contributed by atoms with Gasteiger partial charge in [-0.3, -0.25) is 0 Å². The van der Waals surface area contributed by atoms with E-state index in [0.717, 1.165) is 6.54 Å². The Morgan fingerprint density at radius 3 is 2.33 bits per heavy atom. The number of nitrogens with two attached hydrogens (primary N) is 1. The highest BCUT2D eigenvalue weighted by molar-refractivity contribution is 5.34. The van der Waals surface area contributed by atoms with Gasteiger partial charge in [-0.1, -0.05) is 37.6 Å². The number of rotatable bonds is 5. The van der Waals surface area contributed by atoms with Crippen LogP contribution in [0.5, 0.6) is 0 Å². The third-order valence-corrected chi connectivity index (χ3v) is 3.63. The lowest BCUT2D eigenvalue weighted by Crippen LogP contribution is -2.19. The Morgan fingerprint density at radius 2 is 1.87 bits per heavy atom. The lowest BCUT2D eigenvalue weighted by atomic mass is 9.94. The Kier molecular flexibility index (Phi) is 3.11. The monoisotopic (exact) mass is 203 g/mol. The van der Waals surface area contributed by atoms with E-state index >= 15 is 0 Å². The molecule has 1 saturated carbocycles. The van der Waals surface area contributed by atoms with Gasteiger partial charge >= 0.3 is 0 Å². The van der Waals surface area contributed by atoms with E-state index in [1.807, 2.05) is 0 Å². The van der Waals surface area contributed by atoms with Gasteiger partial charge in [-0.05, 0) is 36.8 Å². The lowest BCUT2D eigenvalue weighted by Gasteiger charge is -2.13. The minimum absolute atomic E-state index is 0.350. The van der Waals surface area contributed by atoms with Crippen molar-refractivity contribution < 1.29 is 0 Å². The lowest BCUT2D eigenvalue weighted by molar-refractivity contribution is 0.703. The smallest absolute Gasteiger partial charge is 0.00762 e. The maximum absolute atomic E-state index is 5.82. The number of aryl methyl sites for hydroxylation is 1. The molecule has 0 saturated heterocycles. The first-order valence-corrected chi connectivity index (χ1v) is 6.10. The van der Waals surface area contributed by atoms with Crippen LogP contribution in [-0.2, 0) is 11.8 Å². The Balaban J connectivity index is 2.04. The molecule has 1 aromatic rings. The van der Waals surface area contributed by atoms with Crippen LogP contribution in [0, 0.1) is 0 Å². The highest BCUT2D eigenvalue weighted by atomic mass is 14.7. The zero-order valence-corrected chi connectivity index (χ0v) is 9.63. The minimum Gasteiger partial charge on any atom is -0.330 e. The van der Waals surface area contributed by atoms with Gasteiger partial charge in [0.25, 0.3) is 0 Å². The van der Waals surface area contributed by atoms with Crippen molar-refractivity contribution in [3.05, 3.63) is 35.4 Å². The fraction of sp³-hybridized carbons (Fsp3) is 0.571. The van der Waals surface area contributed by atoms with Crippen LogP contribution in [0.3, 0.4) is 0 Å². The number of hydrogen-bond acceptors (Lipinski definition) is 1. The van der Waals surface area contributed by atoms with Gasteiger partial charge in [-0.15, -0.1) is 0 Å². The molecule has 0 amide bonds. The molecule has 0 atom stereocenters. The fourth-order valence-corrected chi connectivity index (χ4v) is 2.17. The molecule has 1 aliphatic rings. The van der Waals surface area contributed by atoms with Crippen LogP contribution in [-0.4, -0.2) is 6.54 Å². The number of hydrogen-bond donors (Lipinski definition) is 1. The molecule has 82 valence electrons. The molecule has 1 heteroatoms. The largest absolute Gasteiger partial charge is 0.330 e. The van der Waals surface area contributed by atoms with Gasteiger partial charge in [0.2, 0.25) is 0 Å². The Hall–Kier alpha value is -0.820. The van der Waals surface area contributed by atoms with Crippen molar-refractivity contribution in [3.63, 3.8) is 0 Å². The predicted octanol–water partition coefficient (Wildman–Crippen LogP) is 3.02. The summed E-state index contributed by atoms with van der Waals surface area (Å²) in [5.41, 5.74) is 9.08. The third-order valence-electron chi connectivity index (χ3n) is 3.63. The van der Waals surface area contributed by atoms with E-state index in [9.17, 15) is 0 Å². The van der Waals surface area contributed by atoms with Gasteiger partial charge in [-0.2, -0.15) is 0 Å². The average molecular weight is 203 g/mol. The predicted molar refractivity (Wildman–Crippen MR) is 65.0 cm³/mol. The van der Waals surface area contributed by atoms with Crippen molar-refractivity contribution in [2.24, 2.45) is 5.73 Å². The van der Waals surface area contributed by atoms with Crippen LogP contribution >= 0.6 is 0 Å². The van der Waals surface area contributed by atoms with E-state index in [2.05, 4.69) is 31.2 Å². The van der Waals surface area contributed by atoms with E-state index in [4.69, 9.17) is 5.73 Å². The molecule has 0 aromatic heterocycles. The molecule has 2 rings (SSSR count). The second-order valence-corrected chi connectivity index (χ2v) is 4.78. The zero-order chi connectivity index (χ0) is 10.7. The Bertz CT molecular complexity index is 309. The molecule has 0 spiro atoms. The average Bonchev–Trinajstić information content (AvgIpc) is 3.08. The summed E-state index contributed by atoms with van der Waals surface area (Å²) >= 11 is 0. The van der Waals surface area contributed by atoms with Crippen LogP contribution in [0.2, 0.25) is 0 Å². The minimum atomic E-state index is 0.350. The van der Waals surface area contributed by atoms with Crippen molar-refractivity contribution >= 4 is 0 Å². The van der Waals surface area contributed by atoms with Gasteiger partial charge in [0, 0.05) is 12.0 Å². The fourth-order valence-electron chi connectivity index (χ4n) is 2.17. The molecule has 15 heavy (non-hydrogen) atoms. The first-order chi connectivity index (χ1) is 7.30. The SMILES string of the molecule is CCCCc1ccc(C2(CN)CC2)cc1. The second-order valence-electron chi connectivity index (χ2n) is 4.78. The molecule has 1 aliphatic carbocycles. The van der Waals surface area contributed by atoms with E-state index in [0.29, 0.717) is 5.41 Å². The number of unbranched alkanes of at least 4 members (excludes halogenated alkanes) is 1. The molecule has 1 aromatic carbocycles. The zero-order valence-electron chi connectivity index (χ0n) is 9.63.